The predicted molar refractivity (Wildman–Crippen MR) is 84.1 cm³/mol. The number of rotatable bonds is 5. The van der Waals surface area contributed by atoms with E-state index in [0.29, 0.717) is 11.9 Å². The third-order valence-corrected chi connectivity index (χ3v) is 4.57. The monoisotopic (exact) mass is 291 g/mol. The van der Waals surface area contributed by atoms with Crippen LogP contribution in [0.2, 0.25) is 0 Å². The van der Waals surface area contributed by atoms with Crippen LogP contribution in [0, 0.1) is 0 Å². The molecule has 0 spiro atoms. The average molecular weight is 292 g/mol. The molecule has 1 fully saturated rings. The molecule has 0 saturated heterocycles. The first-order valence-electron chi connectivity index (χ1n) is 7.50. The lowest BCUT2D eigenvalue weighted by Crippen LogP contribution is -2.34. The number of aryl methyl sites for hydroxylation is 1. The van der Waals surface area contributed by atoms with Crippen molar-refractivity contribution in [3.8, 4) is 0 Å². The molecule has 1 aromatic carbocycles. The van der Waals surface area contributed by atoms with Gasteiger partial charge in [0.2, 0.25) is 0 Å². The summed E-state index contributed by atoms with van der Waals surface area (Å²) >= 11 is 6.00. The van der Waals surface area contributed by atoms with Crippen LogP contribution in [0.3, 0.4) is 0 Å². The smallest absolute Gasteiger partial charge is 0.0843 e. The number of halogens is 1. The van der Waals surface area contributed by atoms with Crippen LogP contribution in [-0.4, -0.2) is 33.1 Å². The van der Waals surface area contributed by atoms with Crippen LogP contribution in [-0.2, 0) is 13.6 Å². The second kappa shape index (κ2) is 6.15. The van der Waals surface area contributed by atoms with Gasteiger partial charge in [-0.3, -0.25) is 9.58 Å². The fourth-order valence-electron chi connectivity index (χ4n) is 3.37. The Kier molecular flexibility index (Phi) is 4.27. The average Bonchev–Trinajstić information content (AvgIpc) is 3.08. The molecule has 2 aromatic rings. The van der Waals surface area contributed by atoms with Crippen LogP contribution in [0.25, 0.3) is 10.9 Å². The molecule has 1 saturated carbocycles. The van der Waals surface area contributed by atoms with Crippen LogP contribution in [0.1, 0.15) is 31.4 Å². The van der Waals surface area contributed by atoms with Gasteiger partial charge >= 0.3 is 0 Å². The zero-order chi connectivity index (χ0) is 13.9. The lowest BCUT2D eigenvalue weighted by molar-refractivity contribution is 0.199. The normalized spacial score (nSPS) is 16.6. The van der Waals surface area contributed by atoms with Crippen molar-refractivity contribution in [3.05, 3.63) is 30.0 Å². The maximum absolute atomic E-state index is 6.00. The molecule has 20 heavy (non-hydrogen) atoms. The molecule has 0 unspecified atom stereocenters. The van der Waals surface area contributed by atoms with Crippen LogP contribution in [0.4, 0.5) is 0 Å². The molecule has 0 amide bonds. The van der Waals surface area contributed by atoms with Gasteiger partial charge in [-0.25, -0.2) is 0 Å². The minimum atomic E-state index is 0.689. The number of benzene rings is 1. The van der Waals surface area contributed by atoms with Crippen LogP contribution in [0.5, 0.6) is 0 Å². The second-order valence-electron chi connectivity index (χ2n) is 5.69. The van der Waals surface area contributed by atoms with Crippen LogP contribution >= 0.6 is 11.6 Å². The summed E-state index contributed by atoms with van der Waals surface area (Å²) in [6.07, 6.45) is 5.32. The fourth-order valence-corrected chi connectivity index (χ4v) is 3.58. The van der Waals surface area contributed by atoms with Crippen molar-refractivity contribution < 1.29 is 0 Å². The molecule has 1 aliphatic rings. The third kappa shape index (κ3) is 2.70. The van der Waals surface area contributed by atoms with Gasteiger partial charge in [-0.1, -0.05) is 31.0 Å². The van der Waals surface area contributed by atoms with E-state index in [0.717, 1.165) is 13.1 Å². The maximum Gasteiger partial charge on any atom is 0.0843 e. The highest BCUT2D eigenvalue weighted by molar-refractivity contribution is 6.18. The van der Waals surface area contributed by atoms with Crippen molar-refractivity contribution in [1.29, 1.82) is 0 Å². The van der Waals surface area contributed by atoms with Gasteiger partial charge in [-0.15, -0.1) is 11.6 Å². The van der Waals surface area contributed by atoms with Crippen molar-refractivity contribution in [1.82, 2.24) is 14.7 Å². The van der Waals surface area contributed by atoms with Crippen molar-refractivity contribution in [2.24, 2.45) is 7.05 Å². The summed E-state index contributed by atoms with van der Waals surface area (Å²) in [6.45, 7) is 1.87. The van der Waals surface area contributed by atoms with E-state index in [1.165, 1.54) is 42.3 Å². The van der Waals surface area contributed by atoms with Crippen molar-refractivity contribution in [2.45, 2.75) is 38.3 Å². The Bertz CT molecular complexity index is 572. The standard InChI is InChI=1S/C16H22ClN3/c1-19-16-9-5-4-8-14(16)15(18-19)12-20(11-10-17)13-6-2-3-7-13/h4-5,8-9,13H,2-3,6-7,10-12H2,1H3. The molecular formula is C16H22ClN3. The zero-order valence-electron chi connectivity index (χ0n) is 12.1. The minimum absolute atomic E-state index is 0.689. The van der Waals surface area contributed by atoms with Gasteiger partial charge < -0.3 is 0 Å². The number of para-hydroxylation sites is 1. The zero-order valence-corrected chi connectivity index (χ0v) is 12.8. The Morgan fingerprint density at radius 2 is 2.05 bits per heavy atom. The van der Waals surface area contributed by atoms with Gasteiger partial charge in [0.25, 0.3) is 0 Å². The van der Waals surface area contributed by atoms with Crippen LogP contribution in [0.15, 0.2) is 24.3 Å². The number of nitrogens with zero attached hydrogens (tertiary/aromatic N) is 3. The Labute approximate surface area is 125 Å². The first-order valence-corrected chi connectivity index (χ1v) is 8.03. The lowest BCUT2D eigenvalue weighted by atomic mass is 10.1. The first-order chi connectivity index (χ1) is 9.79. The minimum Gasteiger partial charge on any atom is -0.293 e. The van der Waals surface area contributed by atoms with E-state index in [-0.39, 0.29) is 0 Å². The molecule has 108 valence electrons. The third-order valence-electron chi connectivity index (χ3n) is 4.40. The molecule has 0 aliphatic heterocycles. The summed E-state index contributed by atoms with van der Waals surface area (Å²) < 4.78 is 1.98. The molecule has 3 nitrogen and oxygen atoms in total. The Morgan fingerprint density at radius 3 is 2.80 bits per heavy atom. The van der Waals surface area contributed by atoms with Gasteiger partial charge in [0.05, 0.1) is 11.2 Å². The number of hydrogen-bond donors (Lipinski definition) is 0. The second-order valence-corrected chi connectivity index (χ2v) is 6.06. The molecule has 0 atom stereocenters. The highest BCUT2D eigenvalue weighted by Gasteiger charge is 2.23. The molecule has 0 bridgehead atoms. The van der Waals surface area contributed by atoms with E-state index in [1.807, 2.05) is 11.7 Å². The summed E-state index contributed by atoms with van der Waals surface area (Å²) in [4.78, 5) is 2.52. The van der Waals surface area contributed by atoms with Gasteiger partial charge in [0.1, 0.15) is 0 Å². The van der Waals surface area contributed by atoms with Crippen LogP contribution < -0.4 is 0 Å². The van der Waals surface area contributed by atoms with Gasteiger partial charge in [-0.2, -0.15) is 5.10 Å². The molecule has 4 heteroatoms. The summed E-state index contributed by atoms with van der Waals surface area (Å²) in [5, 5.41) is 5.99. The summed E-state index contributed by atoms with van der Waals surface area (Å²) in [6, 6.07) is 9.16. The Balaban J connectivity index is 1.86. The topological polar surface area (TPSA) is 21.1 Å². The Morgan fingerprint density at radius 1 is 1.30 bits per heavy atom. The quantitative estimate of drug-likeness (QED) is 0.786. The SMILES string of the molecule is Cn1nc(CN(CCCl)C2CCCC2)c2ccccc21. The summed E-state index contributed by atoms with van der Waals surface area (Å²) in [5.41, 5.74) is 2.39. The van der Waals surface area contributed by atoms with E-state index in [2.05, 4.69) is 29.2 Å². The highest BCUT2D eigenvalue weighted by Crippen LogP contribution is 2.26. The largest absolute Gasteiger partial charge is 0.293 e. The first kappa shape index (κ1) is 13.9. The molecule has 0 N–H and O–H groups in total. The fraction of sp³-hybridized carbons (Fsp3) is 0.562. The van der Waals surface area contributed by atoms with Gasteiger partial charge in [-0.05, 0) is 18.9 Å². The number of hydrogen-bond acceptors (Lipinski definition) is 2. The van der Waals surface area contributed by atoms with Gasteiger partial charge in [0.15, 0.2) is 0 Å². The molecule has 0 radical (unpaired) electrons. The predicted octanol–water partition coefficient (Wildman–Crippen LogP) is 3.56. The van der Waals surface area contributed by atoms with E-state index >= 15 is 0 Å². The van der Waals surface area contributed by atoms with Crippen molar-refractivity contribution in [3.63, 3.8) is 0 Å². The van der Waals surface area contributed by atoms with E-state index < -0.39 is 0 Å². The number of fused-ring (bicyclic) bond motifs is 1. The maximum atomic E-state index is 6.00. The molecular weight excluding hydrogens is 270 g/mol. The molecule has 1 aromatic heterocycles. The highest BCUT2D eigenvalue weighted by atomic mass is 35.5. The summed E-state index contributed by atoms with van der Waals surface area (Å²) in [5.74, 6) is 0.696. The number of aromatic nitrogens is 2. The Hall–Kier alpha value is -1.06. The van der Waals surface area contributed by atoms with Crippen molar-refractivity contribution in [2.75, 3.05) is 12.4 Å². The molecule has 3 rings (SSSR count). The lowest BCUT2D eigenvalue weighted by Gasteiger charge is -2.27. The molecule has 1 aliphatic carbocycles. The number of alkyl halides is 1. The van der Waals surface area contributed by atoms with Crippen molar-refractivity contribution >= 4 is 22.5 Å². The van der Waals surface area contributed by atoms with E-state index in [9.17, 15) is 0 Å². The van der Waals surface area contributed by atoms with E-state index in [4.69, 9.17) is 16.7 Å². The van der Waals surface area contributed by atoms with E-state index in [1.54, 1.807) is 0 Å². The summed E-state index contributed by atoms with van der Waals surface area (Å²) in [7, 11) is 2.02. The molecule has 1 heterocycles. The van der Waals surface area contributed by atoms with Gasteiger partial charge in [0, 0.05) is 37.4 Å².